The summed E-state index contributed by atoms with van der Waals surface area (Å²) in [5, 5.41) is 3.09. The zero-order valence-corrected chi connectivity index (χ0v) is 12.6. The normalized spacial score (nSPS) is 16.4. The molecule has 2 nitrogen and oxygen atoms in total. The van der Waals surface area contributed by atoms with Crippen LogP contribution >= 0.6 is 15.9 Å². The summed E-state index contributed by atoms with van der Waals surface area (Å²) in [6, 6.07) is 5.79. The van der Waals surface area contributed by atoms with E-state index in [1.807, 2.05) is 25.1 Å². The molecule has 1 N–H and O–H groups in total. The molecule has 0 aromatic heterocycles. The van der Waals surface area contributed by atoms with Crippen LogP contribution in [0, 0.1) is 12.3 Å². The Morgan fingerprint density at radius 3 is 2.78 bits per heavy atom. The van der Waals surface area contributed by atoms with E-state index in [1.165, 1.54) is 25.7 Å². The summed E-state index contributed by atoms with van der Waals surface area (Å²) in [6.07, 6.45) is 4.94. The van der Waals surface area contributed by atoms with Crippen molar-refractivity contribution in [3.8, 4) is 0 Å². The molecule has 0 heterocycles. The van der Waals surface area contributed by atoms with Crippen LogP contribution in [-0.4, -0.2) is 12.5 Å². The van der Waals surface area contributed by atoms with Crippen LogP contribution in [0.5, 0.6) is 0 Å². The number of carbonyl (C=O) groups is 1. The van der Waals surface area contributed by atoms with E-state index in [0.29, 0.717) is 5.41 Å². The second kappa shape index (κ2) is 5.43. The molecule has 1 aromatic rings. The second-order valence-corrected chi connectivity index (χ2v) is 6.16. The fraction of sp³-hybridized carbons (Fsp3) is 0.533. The molecule has 3 heteroatoms. The van der Waals surface area contributed by atoms with Gasteiger partial charge in [0.25, 0.3) is 5.91 Å². The van der Waals surface area contributed by atoms with E-state index in [2.05, 4.69) is 28.2 Å². The quantitative estimate of drug-likeness (QED) is 0.873. The highest BCUT2D eigenvalue weighted by molar-refractivity contribution is 9.10. The minimum Gasteiger partial charge on any atom is -0.351 e. The molecule has 1 saturated carbocycles. The average molecular weight is 310 g/mol. The van der Waals surface area contributed by atoms with Crippen LogP contribution in [0.2, 0.25) is 0 Å². The van der Waals surface area contributed by atoms with Gasteiger partial charge in [-0.1, -0.05) is 25.5 Å². The van der Waals surface area contributed by atoms with E-state index >= 15 is 0 Å². The molecule has 0 spiro atoms. The lowest BCUT2D eigenvalue weighted by atomic mass is 10.0. The Morgan fingerprint density at radius 2 is 2.17 bits per heavy atom. The first kappa shape index (κ1) is 13.6. The Bertz CT molecular complexity index is 452. The standard InChI is InChI=1S/C15H20BrNO/c1-3-7-15(8-9-15)10-17-14(18)12-6-4-5-11(2)13(12)16/h4-6H,3,7-10H2,1-2H3,(H,17,18). The Labute approximate surface area is 117 Å². The molecule has 1 aliphatic rings. The van der Waals surface area contributed by atoms with Crippen LogP contribution < -0.4 is 5.32 Å². The van der Waals surface area contributed by atoms with E-state index in [-0.39, 0.29) is 5.91 Å². The van der Waals surface area contributed by atoms with Crippen molar-refractivity contribution in [2.45, 2.75) is 39.5 Å². The highest BCUT2D eigenvalue weighted by Gasteiger charge is 2.41. The van der Waals surface area contributed by atoms with Gasteiger partial charge in [0, 0.05) is 11.0 Å². The molecule has 0 saturated heterocycles. The first-order chi connectivity index (χ1) is 8.58. The summed E-state index contributed by atoms with van der Waals surface area (Å²) in [6.45, 7) is 5.03. The van der Waals surface area contributed by atoms with Gasteiger partial charge in [-0.3, -0.25) is 4.79 Å². The number of halogens is 1. The Balaban J connectivity index is 1.98. The van der Waals surface area contributed by atoms with E-state index in [9.17, 15) is 4.79 Å². The highest BCUT2D eigenvalue weighted by Crippen LogP contribution is 2.48. The largest absolute Gasteiger partial charge is 0.351 e. The SMILES string of the molecule is CCCC1(CNC(=O)c2cccc(C)c2Br)CC1. The van der Waals surface area contributed by atoms with Gasteiger partial charge in [-0.25, -0.2) is 0 Å². The smallest absolute Gasteiger partial charge is 0.252 e. The first-order valence-electron chi connectivity index (χ1n) is 6.61. The van der Waals surface area contributed by atoms with Crippen LogP contribution in [0.15, 0.2) is 22.7 Å². The average Bonchev–Trinajstić information content (AvgIpc) is 3.11. The molecular weight excluding hydrogens is 290 g/mol. The summed E-state index contributed by atoms with van der Waals surface area (Å²) in [5.74, 6) is 0.0351. The number of aryl methyl sites for hydroxylation is 1. The fourth-order valence-corrected chi connectivity index (χ4v) is 2.85. The van der Waals surface area contributed by atoms with E-state index < -0.39 is 0 Å². The number of rotatable bonds is 5. The minimum atomic E-state index is 0.0351. The molecule has 2 rings (SSSR count). The molecule has 1 fully saturated rings. The lowest BCUT2D eigenvalue weighted by Gasteiger charge is -2.15. The maximum atomic E-state index is 12.2. The summed E-state index contributed by atoms with van der Waals surface area (Å²) in [5.41, 5.74) is 2.24. The third-order valence-electron chi connectivity index (χ3n) is 3.80. The molecule has 0 aliphatic heterocycles. The van der Waals surface area contributed by atoms with Crippen molar-refractivity contribution in [1.82, 2.24) is 5.32 Å². The minimum absolute atomic E-state index is 0.0351. The molecular formula is C15H20BrNO. The van der Waals surface area contributed by atoms with Crippen molar-refractivity contribution in [2.75, 3.05) is 6.54 Å². The van der Waals surface area contributed by atoms with Crippen LogP contribution in [0.4, 0.5) is 0 Å². The topological polar surface area (TPSA) is 29.1 Å². The summed E-state index contributed by atoms with van der Waals surface area (Å²) < 4.78 is 0.905. The molecule has 1 amide bonds. The molecule has 18 heavy (non-hydrogen) atoms. The molecule has 1 aliphatic carbocycles. The Kier molecular flexibility index (Phi) is 4.10. The van der Waals surface area contributed by atoms with Crippen molar-refractivity contribution < 1.29 is 4.79 Å². The molecule has 98 valence electrons. The Hall–Kier alpha value is -0.830. The zero-order chi connectivity index (χ0) is 13.2. The summed E-state index contributed by atoms with van der Waals surface area (Å²) in [4.78, 5) is 12.2. The first-order valence-corrected chi connectivity index (χ1v) is 7.40. The second-order valence-electron chi connectivity index (χ2n) is 5.37. The van der Waals surface area contributed by atoms with Gasteiger partial charge in [-0.15, -0.1) is 0 Å². The van der Waals surface area contributed by atoms with Gasteiger partial charge in [-0.05, 0) is 59.2 Å². The van der Waals surface area contributed by atoms with Gasteiger partial charge in [0.05, 0.1) is 5.56 Å². The summed E-state index contributed by atoms with van der Waals surface area (Å²) in [7, 11) is 0. The molecule has 0 atom stereocenters. The predicted octanol–water partition coefficient (Wildman–Crippen LogP) is 4.07. The fourth-order valence-electron chi connectivity index (χ4n) is 2.41. The van der Waals surface area contributed by atoms with E-state index in [1.54, 1.807) is 0 Å². The van der Waals surface area contributed by atoms with Gasteiger partial charge >= 0.3 is 0 Å². The molecule has 0 radical (unpaired) electrons. The molecule has 0 bridgehead atoms. The van der Waals surface area contributed by atoms with Crippen LogP contribution in [0.3, 0.4) is 0 Å². The number of amides is 1. The predicted molar refractivity (Wildman–Crippen MR) is 77.8 cm³/mol. The van der Waals surface area contributed by atoms with Crippen molar-refractivity contribution in [2.24, 2.45) is 5.41 Å². The lowest BCUT2D eigenvalue weighted by Crippen LogP contribution is -2.30. The third kappa shape index (κ3) is 2.94. The number of hydrogen-bond acceptors (Lipinski definition) is 1. The van der Waals surface area contributed by atoms with Crippen LogP contribution in [0.1, 0.15) is 48.5 Å². The van der Waals surface area contributed by atoms with Gasteiger partial charge in [0.1, 0.15) is 0 Å². The maximum Gasteiger partial charge on any atom is 0.252 e. The third-order valence-corrected chi connectivity index (χ3v) is 4.85. The van der Waals surface area contributed by atoms with Gasteiger partial charge in [0.2, 0.25) is 0 Å². The Morgan fingerprint density at radius 1 is 1.44 bits per heavy atom. The van der Waals surface area contributed by atoms with Gasteiger partial charge in [0.15, 0.2) is 0 Å². The van der Waals surface area contributed by atoms with Crippen LogP contribution in [-0.2, 0) is 0 Å². The molecule has 1 aromatic carbocycles. The number of nitrogens with one attached hydrogen (secondary N) is 1. The number of hydrogen-bond donors (Lipinski definition) is 1. The van der Waals surface area contributed by atoms with Crippen molar-refractivity contribution in [1.29, 1.82) is 0 Å². The van der Waals surface area contributed by atoms with Crippen molar-refractivity contribution in [3.05, 3.63) is 33.8 Å². The van der Waals surface area contributed by atoms with Crippen molar-refractivity contribution >= 4 is 21.8 Å². The molecule has 0 unspecified atom stereocenters. The zero-order valence-electron chi connectivity index (χ0n) is 11.1. The monoisotopic (exact) mass is 309 g/mol. The highest BCUT2D eigenvalue weighted by atomic mass is 79.9. The number of benzene rings is 1. The lowest BCUT2D eigenvalue weighted by molar-refractivity contribution is 0.0943. The van der Waals surface area contributed by atoms with Gasteiger partial charge < -0.3 is 5.32 Å². The van der Waals surface area contributed by atoms with E-state index in [0.717, 1.165) is 22.1 Å². The number of carbonyl (C=O) groups excluding carboxylic acids is 1. The maximum absolute atomic E-state index is 12.2. The van der Waals surface area contributed by atoms with Crippen molar-refractivity contribution in [3.63, 3.8) is 0 Å². The van der Waals surface area contributed by atoms with Crippen LogP contribution in [0.25, 0.3) is 0 Å². The summed E-state index contributed by atoms with van der Waals surface area (Å²) >= 11 is 3.49. The van der Waals surface area contributed by atoms with E-state index in [4.69, 9.17) is 0 Å². The van der Waals surface area contributed by atoms with Gasteiger partial charge in [-0.2, -0.15) is 0 Å².